The number of methoxy groups -OCH3 is 1. The molecule has 0 aromatic heterocycles. The van der Waals surface area contributed by atoms with Crippen LogP contribution < -0.4 is 10.1 Å². The van der Waals surface area contributed by atoms with Gasteiger partial charge in [-0.3, -0.25) is 14.4 Å². The highest BCUT2D eigenvalue weighted by Crippen LogP contribution is 2.27. The van der Waals surface area contributed by atoms with Crippen LogP contribution in [0.15, 0.2) is 42.5 Å². The van der Waals surface area contributed by atoms with E-state index in [0.717, 1.165) is 0 Å². The number of carbonyl (C=O) groups excluding carboxylic acids is 3. The van der Waals surface area contributed by atoms with Crippen molar-refractivity contribution in [3.05, 3.63) is 59.4 Å². The summed E-state index contributed by atoms with van der Waals surface area (Å²) < 4.78 is 25.3. The number of likely N-dealkylation sites (N-methyl/N-ethyl adjacent to an activating group) is 1. The normalized spacial score (nSPS) is 21.1. The van der Waals surface area contributed by atoms with Gasteiger partial charge in [0.05, 0.1) is 17.7 Å². The Morgan fingerprint density at radius 1 is 1.14 bits per heavy atom. The second kappa shape index (κ2) is 12.0. The number of nitrogens with zero attached hydrogens (tertiary/aromatic N) is 2. The van der Waals surface area contributed by atoms with Gasteiger partial charge in [0, 0.05) is 56.9 Å². The summed E-state index contributed by atoms with van der Waals surface area (Å²) >= 11 is 0. The predicted octanol–water partition coefficient (Wildman–Crippen LogP) is 3.82. The SMILES string of the molecule is CCC(=O)Nc1ccc2c(c1)OC[C@@H](C)N(C(=O)c1ccc(F)cc1)C[C@H](C)[C@H](OC)CN(C)C2=O. The molecule has 0 unspecified atom stereocenters. The van der Waals surface area contributed by atoms with Crippen molar-refractivity contribution >= 4 is 23.4 Å². The van der Waals surface area contributed by atoms with Crippen LogP contribution in [0.25, 0.3) is 0 Å². The second-order valence-corrected chi connectivity index (χ2v) is 9.17. The third kappa shape index (κ3) is 6.40. The Morgan fingerprint density at radius 3 is 2.47 bits per heavy atom. The van der Waals surface area contributed by atoms with Gasteiger partial charge in [0.15, 0.2) is 0 Å². The molecule has 1 aliphatic rings. The summed E-state index contributed by atoms with van der Waals surface area (Å²) in [5.74, 6) is -0.863. The molecule has 0 spiro atoms. The van der Waals surface area contributed by atoms with E-state index >= 15 is 0 Å². The van der Waals surface area contributed by atoms with E-state index in [2.05, 4.69) is 5.32 Å². The fraction of sp³-hybridized carbons (Fsp3) is 0.444. The highest BCUT2D eigenvalue weighted by Gasteiger charge is 2.31. The van der Waals surface area contributed by atoms with Crippen molar-refractivity contribution < 1.29 is 28.2 Å². The first-order valence-corrected chi connectivity index (χ1v) is 12.1. The summed E-state index contributed by atoms with van der Waals surface area (Å²) in [7, 11) is 3.27. The van der Waals surface area contributed by atoms with Gasteiger partial charge in [-0.15, -0.1) is 0 Å². The van der Waals surface area contributed by atoms with Gasteiger partial charge in [0.2, 0.25) is 5.91 Å². The first kappa shape index (κ1) is 27.1. The van der Waals surface area contributed by atoms with Gasteiger partial charge in [-0.05, 0) is 43.3 Å². The lowest BCUT2D eigenvalue weighted by molar-refractivity contribution is -0.115. The Labute approximate surface area is 211 Å². The lowest BCUT2D eigenvalue weighted by Crippen LogP contribution is -2.48. The van der Waals surface area contributed by atoms with Crippen LogP contribution in [0.3, 0.4) is 0 Å². The van der Waals surface area contributed by atoms with Crippen LogP contribution >= 0.6 is 0 Å². The van der Waals surface area contributed by atoms with Crippen molar-refractivity contribution in [2.75, 3.05) is 39.2 Å². The van der Waals surface area contributed by atoms with Gasteiger partial charge in [0.1, 0.15) is 18.2 Å². The van der Waals surface area contributed by atoms with E-state index in [1.54, 1.807) is 49.1 Å². The highest BCUT2D eigenvalue weighted by molar-refractivity contribution is 5.98. The Kier molecular flexibility index (Phi) is 9.03. The van der Waals surface area contributed by atoms with E-state index in [9.17, 15) is 18.8 Å². The number of hydrogen-bond acceptors (Lipinski definition) is 5. The minimum absolute atomic E-state index is 0.104. The largest absolute Gasteiger partial charge is 0.491 e. The minimum Gasteiger partial charge on any atom is -0.491 e. The number of nitrogens with one attached hydrogen (secondary N) is 1. The number of ether oxygens (including phenoxy) is 2. The van der Waals surface area contributed by atoms with E-state index in [1.807, 2.05) is 13.8 Å². The summed E-state index contributed by atoms with van der Waals surface area (Å²) in [5.41, 5.74) is 1.23. The van der Waals surface area contributed by atoms with Gasteiger partial charge in [0.25, 0.3) is 11.8 Å². The number of carbonyl (C=O) groups is 3. The summed E-state index contributed by atoms with van der Waals surface area (Å²) in [6.07, 6.45) is -0.0187. The van der Waals surface area contributed by atoms with Crippen LogP contribution in [0.1, 0.15) is 47.9 Å². The molecule has 3 rings (SSSR count). The van der Waals surface area contributed by atoms with Gasteiger partial charge in [-0.1, -0.05) is 13.8 Å². The number of hydrogen-bond donors (Lipinski definition) is 1. The zero-order chi connectivity index (χ0) is 26.4. The molecular formula is C27H34FN3O5. The van der Waals surface area contributed by atoms with Gasteiger partial charge in [-0.2, -0.15) is 0 Å². The van der Waals surface area contributed by atoms with Gasteiger partial charge < -0.3 is 24.6 Å². The number of benzene rings is 2. The number of anilines is 1. The van der Waals surface area contributed by atoms with Gasteiger partial charge >= 0.3 is 0 Å². The number of fused-ring (bicyclic) bond motifs is 1. The fourth-order valence-electron chi connectivity index (χ4n) is 4.14. The number of halogens is 1. The summed E-state index contributed by atoms with van der Waals surface area (Å²) in [6.45, 7) is 6.33. The third-order valence-corrected chi connectivity index (χ3v) is 6.40. The van der Waals surface area contributed by atoms with Crippen LogP contribution in [0.5, 0.6) is 5.75 Å². The van der Waals surface area contributed by atoms with Crippen molar-refractivity contribution in [3.63, 3.8) is 0 Å². The van der Waals surface area contributed by atoms with E-state index in [4.69, 9.17) is 9.47 Å². The lowest BCUT2D eigenvalue weighted by atomic mass is 10.0. The maximum Gasteiger partial charge on any atom is 0.257 e. The molecule has 3 amide bonds. The second-order valence-electron chi connectivity index (χ2n) is 9.17. The monoisotopic (exact) mass is 499 g/mol. The van der Waals surface area contributed by atoms with Crippen LogP contribution in [0, 0.1) is 11.7 Å². The molecule has 2 aromatic rings. The molecule has 8 nitrogen and oxygen atoms in total. The molecule has 1 N–H and O–H groups in total. The molecule has 9 heteroatoms. The predicted molar refractivity (Wildman–Crippen MR) is 135 cm³/mol. The summed E-state index contributed by atoms with van der Waals surface area (Å²) in [6, 6.07) is 9.98. The van der Waals surface area contributed by atoms with Crippen molar-refractivity contribution in [2.45, 2.75) is 39.3 Å². The quantitative estimate of drug-likeness (QED) is 0.691. The zero-order valence-electron chi connectivity index (χ0n) is 21.4. The van der Waals surface area contributed by atoms with Crippen LogP contribution in [0.4, 0.5) is 10.1 Å². The minimum atomic E-state index is -0.417. The average molecular weight is 500 g/mol. The van der Waals surface area contributed by atoms with E-state index in [1.165, 1.54) is 24.3 Å². The average Bonchev–Trinajstić information content (AvgIpc) is 2.87. The van der Waals surface area contributed by atoms with Crippen molar-refractivity contribution in [1.29, 1.82) is 0 Å². The maximum absolute atomic E-state index is 13.5. The van der Waals surface area contributed by atoms with E-state index in [0.29, 0.717) is 42.1 Å². The molecule has 194 valence electrons. The molecule has 1 aliphatic heterocycles. The molecule has 0 saturated carbocycles. The molecule has 2 aromatic carbocycles. The van der Waals surface area contributed by atoms with Crippen LogP contribution in [-0.2, 0) is 9.53 Å². The molecule has 36 heavy (non-hydrogen) atoms. The molecule has 0 radical (unpaired) electrons. The molecule has 3 atom stereocenters. The van der Waals surface area contributed by atoms with Gasteiger partial charge in [-0.25, -0.2) is 4.39 Å². The van der Waals surface area contributed by atoms with Crippen molar-refractivity contribution in [3.8, 4) is 5.75 Å². The van der Waals surface area contributed by atoms with E-state index < -0.39 is 5.82 Å². The van der Waals surface area contributed by atoms with Crippen LogP contribution in [-0.4, -0.2) is 73.5 Å². The highest BCUT2D eigenvalue weighted by atomic mass is 19.1. The smallest absolute Gasteiger partial charge is 0.257 e. The lowest BCUT2D eigenvalue weighted by Gasteiger charge is -2.36. The first-order chi connectivity index (χ1) is 17.1. The number of rotatable bonds is 4. The Hall–Kier alpha value is -3.46. The van der Waals surface area contributed by atoms with Crippen molar-refractivity contribution in [2.24, 2.45) is 5.92 Å². The first-order valence-electron chi connectivity index (χ1n) is 12.1. The van der Waals surface area contributed by atoms with Crippen molar-refractivity contribution in [1.82, 2.24) is 9.80 Å². The zero-order valence-corrected chi connectivity index (χ0v) is 21.4. The van der Waals surface area contributed by atoms with E-state index in [-0.39, 0.29) is 42.4 Å². The molecule has 0 bridgehead atoms. The van der Waals surface area contributed by atoms with Crippen LogP contribution in [0.2, 0.25) is 0 Å². The summed E-state index contributed by atoms with van der Waals surface area (Å²) in [4.78, 5) is 41.9. The standard InChI is InChI=1S/C27H34FN3O5/c1-6-25(32)29-21-11-12-22-23(13-21)36-16-18(3)31(26(33)19-7-9-20(28)10-8-19)14-17(2)24(35-5)15-30(4)27(22)34/h7-13,17-18,24H,6,14-16H2,1-5H3,(H,29,32)/t17-,18+,24+/m0/s1. The third-order valence-electron chi connectivity index (χ3n) is 6.40. The number of amides is 3. The molecule has 0 saturated heterocycles. The molecule has 0 aliphatic carbocycles. The topological polar surface area (TPSA) is 88.2 Å². The molecule has 1 heterocycles. The summed E-state index contributed by atoms with van der Waals surface area (Å²) in [5, 5.41) is 2.78. The maximum atomic E-state index is 13.5. The molecule has 0 fully saturated rings. The fourth-order valence-corrected chi connectivity index (χ4v) is 4.14. The Balaban J connectivity index is 1.99. The molecular weight excluding hydrogens is 465 g/mol. The Bertz CT molecular complexity index is 1090. The Morgan fingerprint density at radius 2 is 1.83 bits per heavy atom.